The Labute approximate surface area is 204 Å². The Balaban J connectivity index is 1.03. The number of fused-ring (bicyclic) bond motifs is 4. The largest absolute Gasteiger partial charge is 0.481 e. The number of carboxylic acid groups (broad SMARTS) is 1. The zero-order valence-electron chi connectivity index (χ0n) is 19.6. The molecule has 3 aliphatic carbocycles. The number of carbonyl (C=O) groups excluding carboxylic acids is 2. The number of amides is 2. The molecule has 3 unspecified atom stereocenters. The number of rotatable bonds is 8. The van der Waals surface area contributed by atoms with E-state index >= 15 is 0 Å². The molecule has 7 heteroatoms. The summed E-state index contributed by atoms with van der Waals surface area (Å²) in [6.45, 7) is 1.53. The number of benzene rings is 2. The van der Waals surface area contributed by atoms with Crippen molar-refractivity contribution in [1.82, 2.24) is 10.2 Å². The first kappa shape index (κ1) is 22.1. The van der Waals surface area contributed by atoms with Crippen LogP contribution in [-0.2, 0) is 14.3 Å². The molecule has 1 heterocycles. The van der Waals surface area contributed by atoms with Gasteiger partial charge in [0.1, 0.15) is 6.61 Å². The van der Waals surface area contributed by atoms with Crippen LogP contribution in [0.5, 0.6) is 0 Å². The topological polar surface area (TPSA) is 95.9 Å². The van der Waals surface area contributed by atoms with Gasteiger partial charge in [-0.2, -0.15) is 0 Å². The highest BCUT2D eigenvalue weighted by molar-refractivity contribution is 5.84. The number of hydrogen-bond donors (Lipinski definition) is 2. The van der Waals surface area contributed by atoms with Gasteiger partial charge in [0.2, 0.25) is 5.91 Å². The Bertz CT molecular complexity index is 1150. The smallest absolute Gasteiger partial charge is 0.407 e. The van der Waals surface area contributed by atoms with E-state index in [9.17, 15) is 19.5 Å². The number of likely N-dealkylation sites (tertiary alicyclic amines) is 1. The molecule has 7 nitrogen and oxygen atoms in total. The maximum absolute atomic E-state index is 12.9. The first-order chi connectivity index (χ1) is 17.0. The molecule has 35 heavy (non-hydrogen) atoms. The van der Waals surface area contributed by atoms with E-state index in [0.29, 0.717) is 38.4 Å². The summed E-state index contributed by atoms with van der Waals surface area (Å²) >= 11 is 0. The van der Waals surface area contributed by atoms with Crippen LogP contribution in [0.3, 0.4) is 0 Å². The molecule has 2 saturated carbocycles. The van der Waals surface area contributed by atoms with E-state index in [1.165, 1.54) is 22.3 Å². The second-order valence-corrected chi connectivity index (χ2v) is 10.6. The normalized spacial score (nSPS) is 24.8. The number of ether oxygens (including phenoxy) is 1. The maximum atomic E-state index is 12.9. The molecule has 0 radical (unpaired) electrons. The Kier molecular flexibility index (Phi) is 5.31. The van der Waals surface area contributed by atoms with Crippen LogP contribution in [0.2, 0.25) is 0 Å². The molecule has 0 bridgehead atoms. The number of hydrogen-bond acceptors (Lipinski definition) is 4. The first-order valence-electron chi connectivity index (χ1n) is 12.6. The molecule has 0 aromatic heterocycles. The summed E-state index contributed by atoms with van der Waals surface area (Å²) in [5.41, 5.74) is 4.02. The third-order valence-electron chi connectivity index (χ3n) is 8.50. The Morgan fingerprint density at radius 1 is 1.06 bits per heavy atom. The minimum absolute atomic E-state index is 0.00376. The highest BCUT2D eigenvalue weighted by atomic mass is 16.5. The Morgan fingerprint density at radius 2 is 1.71 bits per heavy atom. The maximum Gasteiger partial charge on any atom is 0.407 e. The number of nitrogens with zero attached hydrogens (tertiary/aromatic N) is 1. The zero-order valence-corrected chi connectivity index (χ0v) is 19.6. The number of carbonyl (C=O) groups is 3. The highest BCUT2D eigenvalue weighted by Crippen LogP contribution is 2.58. The number of aliphatic carboxylic acids is 1. The van der Waals surface area contributed by atoms with Crippen LogP contribution < -0.4 is 5.32 Å². The van der Waals surface area contributed by atoms with Crippen molar-refractivity contribution >= 4 is 18.0 Å². The van der Waals surface area contributed by atoms with Crippen molar-refractivity contribution in [2.75, 3.05) is 26.2 Å². The third-order valence-corrected chi connectivity index (χ3v) is 8.50. The van der Waals surface area contributed by atoms with Crippen molar-refractivity contribution in [3.05, 3.63) is 59.7 Å². The molecule has 2 aromatic rings. The van der Waals surface area contributed by atoms with Gasteiger partial charge in [0.25, 0.3) is 0 Å². The minimum atomic E-state index is -0.784. The van der Waals surface area contributed by atoms with Crippen LogP contribution in [0.1, 0.15) is 42.7 Å². The third kappa shape index (κ3) is 3.97. The molecule has 2 aromatic carbocycles. The predicted molar refractivity (Wildman–Crippen MR) is 129 cm³/mol. The Hall–Kier alpha value is -3.35. The number of carboxylic acids is 1. The summed E-state index contributed by atoms with van der Waals surface area (Å²) in [5, 5.41) is 12.4. The fourth-order valence-corrected chi connectivity index (χ4v) is 6.19. The van der Waals surface area contributed by atoms with Gasteiger partial charge < -0.3 is 20.1 Å². The molecular weight excluding hydrogens is 444 g/mol. The van der Waals surface area contributed by atoms with Crippen molar-refractivity contribution in [3.63, 3.8) is 0 Å². The average Bonchev–Trinajstić information content (AvgIpc) is 3.77. The highest BCUT2D eigenvalue weighted by Gasteiger charge is 2.66. The summed E-state index contributed by atoms with van der Waals surface area (Å²) in [7, 11) is 0. The fourth-order valence-electron chi connectivity index (χ4n) is 6.19. The van der Waals surface area contributed by atoms with Gasteiger partial charge in [-0.25, -0.2) is 4.79 Å². The van der Waals surface area contributed by atoms with Crippen LogP contribution >= 0.6 is 0 Å². The standard InChI is InChI=1S/C28H30N2O5/c31-25(30-14-19-12-28(19,16-30)26(32)33)11-18(17-9-10-17)13-29-27(34)35-15-24-22-7-3-1-5-20(22)21-6-2-4-8-23(21)24/h1-8,17-19,24H,9-16H2,(H,29,34)(H,32,33). The minimum Gasteiger partial charge on any atom is -0.481 e. The average molecular weight is 475 g/mol. The van der Waals surface area contributed by atoms with E-state index in [0.717, 1.165) is 12.8 Å². The molecule has 3 fully saturated rings. The zero-order chi connectivity index (χ0) is 24.2. The van der Waals surface area contributed by atoms with Gasteiger partial charge in [-0.05, 0) is 59.3 Å². The van der Waals surface area contributed by atoms with E-state index in [4.69, 9.17) is 4.74 Å². The summed E-state index contributed by atoms with van der Waals surface area (Å²) in [6, 6.07) is 16.5. The van der Waals surface area contributed by atoms with Crippen molar-refractivity contribution in [2.45, 2.75) is 31.6 Å². The van der Waals surface area contributed by atoms with Crippen LogP contribution in [-0.4, -0.2) is 54.2 Å². The van der Waals surface area contributed by atoms with Gasteiger partial charge in [-0.3, -0.25) is 9.59 Å². The summed E-state index contributed by atoms with van der Waals surface area (Å²) < 4.78 is 5.64. The second-order valence-electron chi connectivity index (χ2n) is 10.6. The molecule has 2 amide bonds. The van der Waals surface area contributed by atoms with Crippen LogP contribution in [0.15, 0.2) is 48.5 Å². The lowest BCUT2D eigenvalue weighted by Crippen LogP contribution is -2.38. The number of nitrogens with one attached hydrogen (secondary N) is 1. The molecule has 6 rings (SSSR count). The van der Waals surface area contributed by atoms with Crippen LogP contribution in [0.25, 0.3) is 11.1 Å². The summed E-state index contributed by atoms with van der Waals surface area (Å²) in [4.78, 5) is 38.7. The first-order valence-corrected chi connectivity index (χ1v) is 12.6. The Morgan fingerprint density at radius 3 is 2.31 bits per heavy atom. The van der Waals surface area contributed by atoms with Crippen molar-refractivity contribution in [1.29, 1.82) is 0 Å². The molecule has 4 aliphatic rings. The van der Waals surface area contributed by atoms with Gasteiger partial charge in [-0.1, -0.05) is 48.5 Å². The molecular formula is C28H30N2O5. The monoisotopic (exact) mass is 474 g/mol. The van der Waals surface area contributed by atoms with Crippen LogP contribution in [0.4, 0.5) is 4.79 Å². The van der Waals surface area contributed by atoms with E-state index in [2.05, 4.69) is 29.6 Å². The van der Waals surface area contributed by atoms with Gasteiger partial charge in [0, 0.05) is 32.0 Å². The lowest BCUT2D eigenvalue weighted by Gasteiger charge is -2.23. The molecule has 3 atom stereocenters. The predicted octanol–water partition coefficient (Wildman–Crippen LogP) is 3.87. The van der Waals surface area contributed by atoms with Gasteiger partial charge in [-0.15, -0.1) is 0 Å². The molecule has 2 N–H and O–H groups in total. The van der Waals surface area contributed by atoms with Gasteiger partial charge >= 0.3 is 12.1 Å². The number of alkyl carbamates (subject to hydrolysis) is 1. The van der Waals surface area contributed by atoms with Crippen molar-refractivity contribution in [2.24, 2.45) is 23.2 Å². The lowest BCUT2D eigenvalue weighted by atomic mass is 9.98. The molecule has 1 saturated heterocycles. The fraction of sp³-hybridized carbons (Fsp3) is 0.464. The summed E-state index contributed by atoms with van der Waals surface area (Å²) in [5.74, 6) is -0.184. The quantitative estimate of drug-likeness (QED) is 0.606. The van der Waals surface area contributed by atoms with E-state index in [1.54, 1.807) is 4.90 Å². The SMILES string of the molecule is O=C(NCC(CC(=O)N1CC2CC2(C(=O)O)C1)C1CC1)OCC1c2ccccc2-c2ccccc21. The second kappa shape index (κ2) is 8.40. The van der Waals surface area contributed by atoms with E-state index in [-0.39, 0.29) is 30.3 Å². The molecule has 182 valence electrons. The van der Waals surface area contributed by atoms with E-state index < -0.39 is 17.5 Å². The molecule has 0 spiro atoms. The van der Waals surface area contributed by atoms with Crippen LogP contribution in [0, 0.1) is 23.2 Å². The van der Waals surface area contributed by atoms with Crippen molar-refractivity contribution < 1.29 is 24.2 Å². The lowest BCUT2D eigenvalue weighted by molar-refractivity contribution is -0.144. The van der Waals surface area contributed by atoms with E-state index in [1.807, 2.05) is 24.3 Å². The number of piperidine rings is 1. The summed E-state index contributed by atoms with van der Waals surface area (Å²) in [6.07, 6.45) is 2.69. The van der Waals surface area contributed by atoms with Gasteiger partial charge in [0.05, 0.1) is 5.41 Å². The molecule has 1 aliphatic heterocycles. The van der Waals surface area contributed by atoms with Crippen molar-refractivity contribution in [3.8, 4) is 11.1 Å². The van der Waals surface area contributed by atoms with Gasteiger partial charge in [0.15, 0.2) is 0 Å².